The van der Waals surface area contributed by atoms with Gasteiger partial charge in [-0.05, 0) is 19.9 Å². The van der Waals surface area contributed by atoms with Gasteiger partial charge in [-0.25, -0.2) is 13.2 Å². The third-order valence-electron chi connectivity index (χ3n) is 1.93. The van der Waals surface area contributed by atoms with Crippen molar-refractivity contribution in [1.82, 2.24) is 0 Å². The van der Waals surface area contributed by atoms with E-state index in [-0.39, 0.29) is 13.8 Å². The zero-order valence-corrected chi connectivity index (χ0v) is 8.48. The fraction of sp³-hybridized carbons (Fsp3) is 0.750. The number of alkyl halides is 8. The van der Waals surface area contributed by atoms with E-state index >= 15 is 0 Å². The fourth-order valence-electron chi connectivity index (χ4n) is 0.591. The first kappa shape index (κ1) is 16.1. The first-order chi connectivity index (χ1) is 7.13. The molecular formula is C8H7F9. The van der Waals surface area contributed by atoms with Crippen molar-refractivity contribution < 1.29 is 39.5 Å². The standard InChI is InChI=1S/C8H7F9/c1-5(10,7(12,13)14)3-4(9)6(2,11)8(15,16)17/h3H,1-2H3/b4-3-. The molecule has 0 rings (SSSR count). The van der Waals surface area contributed by atoms with Crippen molar-refractivity contribution in [2.24, 2.45) is 0 Å². The van der Waals surface area contributed by atoms with Crippen LogP contribution in [0.25, 0.3) is 0 Å². The molecule has 0 amide bonds. The molecule has 0 bridgehead atoms. The number of allylic oxidation sites excluding steroid dienone is 2. The number of hydrogen-bond donors (Lipinski definition) is 0. The van der Waals surface area contributed by atoms with Crippen LogP contribution >= 0.6 is 0 Å². The highest BCUT2D eigenvalue weighted by atomic mass is 19.4. The van der Waals surface area contributed by atoms with Crippen molar-refractivity contribution in [3.63, 3.8) is 0 Å². The molecule has 0 saturated carbocycles. The smallest absolute Gasteiger partial charge is 0.229 e. The van der Waals surface area contributed by atoms with Gasteiger partial charge in [0.1, 0.15) is 5.83 Å². The molecule has 9 heteroatoms. The normalized spacial score (nSPS) is 21.9. The van der Waals surface area contributed by atoms with Gasteiger partial charge in [0.2, 0.25) is 5.67 Å². The maximum Gasteiger partial charge on any atom is 0.428 e. The summed E-state index contributed by atoms with van der Waals surface area (Å²) in [5.74, 6) is -2.88. The number of rotatable bonds is 2. The van der Waals surface area contributed by atoms with Crippen molar-refractivity contribution in [2.45, 2.75) is 37.5 Å². The van der Waals surface area contributed by atoms with Gasteiger partial charge < -0.3 is 0 Å². The van der Waals surface area contributed by atoms with E-state index in [1.165, 1.54) is 0 Å². The molecule has 0 aliphatic heterocycles. The summed E-state index contributed by atoms with van der Waals surface area (Å²) in [5.41, 5.74) is -9.07. The molecule has 2 atom stereocenters. The lowest BCUT2D eigenvalue weighted by atomic mass is 10.0. The minimum Gasteiger partial charge on any atom is -0.229 e. The monoisotopic (exact) mass is 274 g/mol. The van der Waals surface area contributed by atoms with Gasteiger partial charge in [-0.3, -0.25) is 0 Å². The lowest BCUT2D eigenvalue weighted by molar-refractivity contribution is -0.220. The van der Waals surface area contributed by atoms with E-state index in [1.807, 2.05) is 0 Å². The van der Waals surface area contributed by atoms with Crippen LogP contribution in [0.1, 0.15) is 13.8 Å². The van der Waals surface area contributed by atoms with E-state index in [9.17, 15) is 39.5 Å². The average Bonchev–Trinajstić information content (AvgIpc) is 1.98. The van der Waals surface area contributed by atoms with Crippen LogP contribution in [0, 0.1) is 0 Å². The van der Waals surface area contributed by atoms with Gasteiger partial charge in [-0.15, -0.1) is 0 Å². The molecule has 0 fully saturated rings. The summed E-state index contributed by atoms with van der Waals surface area (Å²) in [5, 5.41) is 0. The summed E-state index contributed by atoms with van der Waals surface area (Å²) in [4.78, 5) is 0. The van der Waals surface area contributed by atoms with Crippen molar-refractivity contribution in [2.75, 3.05) is 0 Å². The number of hydrogen-bond acceptors (Lipinski definition) is 0. The van der Waals surface area contributed by atoms with Crippen LogP contribution in [-0.2, 0) is 0 Å². The number of halogens is 9. The van der Waals surface area contributed by atoms with E-state index in [0.29, 0.717) is 0 Å². The minimum absolute atomic E-state index is 0.223. The zero-order chi connectivity index (χ0) is 14.3. The van der Waals surface area contributed by atoms with Crippen LogP contribution in [-0.4, -0.2) is 23.7 Å². The highest BCUT2D eigenvalue weighted by Gasteiger charge is 2.58. The fourth-order valence-corrected chi connectivity index (χ4v) is 0.591. The lowest BCUT2D eigenvalue weighted by Gasteiger charge is -2.25. The maximum absolute atomic E-state index is 12.8. The van der Waals surface area contributed by atoms with Crippen LogP contribution in [0.3, 0.4) is 0 Å². The molecule has 0 spiro atoms. The second-order valence-corrected chi connectivity index (χ2v) is 3.57. The molecule has 0 nitrogen and oxygen atoms in total. The van der Waals surface area contributed by atoms with Gasteiger partial charge in [-0.2, -0.15) is 26.3 Å². The van der Waals surface area contributed by atoms with Crippen LogP contribution in [0.15, 0.2) is 11.9 Å². The van der Waals surface area contributed by atoms with Crippen molar-refractivity contribution in [3.05, 3.63) is 11.9 Å². The van der Waals surface area contributed by atoms with E-state index in [4.69, 9.17) is 0 Å². The van der Waals surface area contributed by atoms with Gasteiger partial charge in [0.25, 0.3) is 5.67 Å². The molecule has 0 aromatic rings. The van der Waals surface area contributed by atoms with Gasteiger partial charge >= 0.3 is 12.4 Å². The second-order valence-electron chi connectivity index (χ2n) is 3.57. The molecule has 0 saturated heterocycles. The topological polar surface area (TPSA) is 0 Å². The van der Waals surface area contributed by atoms with Crippen LogP contribution in [0.2, 0.25) is 0 Å². The van der Waals surface area contributed by atoms with Crippen molar-refractivity contribution >= 4 is 0 Å². The summed E-state index contributed by atoms with van der Waals surface area (Å²) < 4.78 is 110. The predicted octanol–water partition coefficient (Wildman–Crippen LogP) is 4.42. The van der Waals surface area contributed by atoms with Gasteiger partial charge in [-0.1, -0.05) is 0 Å². The Bertz CT molecular complexity index is 304. The van der Waals surface area contributed by atoms with Gasteiger partial charge in [0.05, 0.1) is 0 Å². The lowest BCUT2D eigenvalue weighted by Crippen LogP contribution is -2.41. The molecule has 0 radical (unpaired) electrons. The van der Waals surface area contributed by atoms with Gasteiger partial charge in [0.15, 0.2) is 0 Å². The van der Waals surface area contributed by atoms with Crippen LogP contribution in [0.5, 0.6) is 0 Å². The second kappa shape index (κ2) is 4.09. The summed E-state index contributed by atoms with van der Waals surface area (Å²) in [6.07, 6.45) is -12.5. The third-order valence-corrected chi connectivity index (χ3v) is 1.93. The molecule has 102 valence electrons. The van der Waals surface area contributed by atoms with Crippen molar-refractivity contribution in [3.8, 4) is 0 Å². The minimum atomic E-state index is -5.78. The van der Waals surface area contributed by atoms with E-state index in [1.54, 1.807) is 0 Å². The summed E-state index contributed by atoms with van der Waals surface area (Å²) in [6.45, 7) is -0.565. The molecule has 17 heavy (non-hydrogen) atoms. The molecule has 2 unspecified atom stereocenters. The summed E-state index contributed by atoms with van der Waals surface area (Å²) >= 11 is 0. The van der Waals surface area contributed by atoms with E-state index in [2.05, 4.69) is 0 Å². The molecule has 0 aliphatic rings. The Morgan fingerprint density at radius 2 is 1.12 bits per heavy atom. The highest BCUT2D eigenvalue weighted by Crippen LogP contribution is 2.43. The van der Waals surface area contributed by atoms with Gasteiger partial charge in [0, 0.05) is 0 Å². The predicted molar refractivity (Wildman–Crippen MR) is 40.3 cm³/mol. The highest BCUT2D eigenvalue weighted by molar-refractivity contribution is 5.18. The third kappa shape index (κ3) is 3.29. The zero-order valence-electron chi connectivity index (χ0n) is 8.48. The maximum atomic E-state index is 12.8. The molecular weight excluding hydrogens is 267 g/mol. The largest absolute Gasteiger partial charge is 0.428 e. The molecule has 0 aliphatic carbocycles. The summed E-state index contributed by atoms with van der Waals surface area (Å²) in [7, 11) is 0. The SMILES string of the molecule is CC(F)(/C=C(\F)C(C)(F)C(F)(F)F)C(F)(F)F. The Labute approximate surface area is 90.1 Å². The Balaban J connectivity index is 5.40. The molecule has 0 heterocycles. The van der Waals surface area contributed by atoms with Crippen LogP contribution in [0.4, 0.5) is 39.5 Å². The van der Waals surface area contributed by atoms with E-state index in [0.717, 1.165) is 0 Å². The molecule has 0 N–H and O–H groups in total. The Hall–Kier alpha value is -0.890. The first-order valence-electron chi connectivity index (χ1n) is 4.03. The quantitative estimate of drug-likeness (QED) is 0.654. The summed E-state index contributed by atoms with van der Waals surface area (Å²) in [6, 6.07) is 0. The van der Waals surface area contributed by atoms with Crippen LogP contribution < -0.4 is 0 Å². The van der Waals surface area contributed by atoms with E-state index < -0.39 is 35.6 Å². The van der Waals surface area contributed by atoms with Crippen molar-refractivity contribution in [1.29, 1.82) is 0 Å². The molecule has 0 aromatic carbocycles. The Morgan fingerprint density at radius 1 is 0.765 bits per heavy atom. The first-order valence-corrected chi connectivity index (χ1v) is 4.03. The Morgan fingerprint density at radius 3 is 1.35 bits per heavy atom. The molecule has 0 aromatic heterocycles. The average molecular weight is 274 g/mol. The Kier molecular flexibility index (Phi) is 3.88.